The van der Waals surface area contributed by atoms with Crippen molar-refractivity contribution >= 4 is 54.9 Å². The highest BCUT2D eigenvalue weighted by Crippen LogP contribution is 2.29. The van der Waals surface area contributed by atoms with E-state index in [0.717, 1.165) is 26.9 Å². The normalized spacial score (nSPS) is 11.4. The van der Waals surface area contributed by atoms with Crippen molar-refractivity contribution in [3.05, 3.63) is 63.2 Å². The number of aryl methyl sites for hydroxylation is 1. The number of thiophene rings is 1. The third-order valence-corrected chi connectivity index (χ3v) is 7.37. The molecule has 7 heteroatoms. The Morgan fingerprint density at radius 3 is 2.88 bits per heavy atom. The van der Waals surface area contributed by atoms with Crippen LogP contribution in [0, 0.1) is 0 Å². The van der Waals surface area contributed by atoms with Crippen LogP contribution in [0.3, 0.4) is 0 Å². The summed E-state index contributed by atoms with van der Waals surface area (Å²) in [6.45, 7) is 6.33. The first-order chi connectivity index (χ1) is 12.7. The molecule has 4 nitrogen and oxygen atoms in total. The minimum atomic E-state index is 0.0117. The van der Waals surface area contributed by atoms with Crippen LogP contribution in [-0.4, -0.2) is 14.5 Å². The molecule has 0 saturated carbocycles. The third kappa shape index (κ3) is 3.22. The van der Waals surface area contributed by atoms with E-state index in [1.807, 2.05) is 24.3 Å². The van der Waals surface area contributed by atoms with Gasteiger partial charge in [-0.3, -0.25) is 9.36 Å². The SMILES string of the molecule is C=CCn1c(SCc2nc3ccccc3s2)nc2sc(CC)cc2c1=O. The molecule has 3 aromatic heterocycles. The number of nitrogens with zero attached hydrogens (tertiary/aromatic N) is 3. The van der Waals surface area contributed by atoms with Gasteiger partial charge in [-0.05, 0) is 24.6 Å². The van der Waals surface area contributed by atoms with Crippen molar-refractivity contribution < 1.29 is 0 Å². The predicted molar refractivity (Wildman–Crippen MR) is 113 cm³/mol. The van der Waals surface area contributed by atoms with E-state index in [0.29, 0.717) is 17.7 Å². The van der Waals surface area contributed by atoms with Gasteiger partial charge < -0.3 is 0 Å². The van der Waals surface area contributed by atoms with E-state index < -0.39 is 0 Å². The van der Waals surface area contributed by atoms with Gasteiger partial charge in [-0.15, -0.1) is 29.3 Å². The summed E-state index contributed by atoms with van der Waals surface area (Å²) < 4.78 is 2.89. The van der Waals surface area contributed by atoms with E-state index in [2.05, 4.69) is 24.6 Å². The van der Waals surface area contributed by atoms with E-state index in [-0.39, 0.29) is 5.56 Å². The summed E-state index contributed by atoms with van der Waals surface area (Å²) in [7, 11) is 0. The Bertz CT molecular complexity index is 1120. The van der Waals surface area contributed by atoms with Crippen LogP contribution < -0.4 is 5.56 Å². The Labute approximate surface area is 163 Å². The molecule has 0 saturated heterocycles. The largest absolute Gasteiger partial charge is 0.283 e. The summed E-state index contributed by atoms with van der Waals surface area (Å²) in [5.74, 6) is 0.695. The van der Waals surface area contributed by atoms with Gasteiger partial charge in [0.15, 0.2) is 5.16 Å². The topological polar surface area (TPSA) is 47.8 Å². The number of thioether (sulfide) groups is 1. The third-order valence-electron chi connectivity index (χ3n) is 3.99. The minimum absolute atomic E-state index is 0.0117. The number of benzene rings is 1. The summed E-state index contributed by atoms with van der Waals surface area (Å²) in [4.78, 5) is 24.3. The van der Waals surface area contributed by atoms with Crippen molar-refractivity contribution in [1.82, 2.24) is 14.5 Å². The fourth-order valence-electron chi connectivity index (χ4n) is 2.73. The van der Waals surface area contributed by atoms with Gasteiger partial charge in [0, 0.05) is 11.4 Å². The van der Waals surface area contributed by atoms with Crippen molar-refractivity contribution in [2.75, 3.05) is 0 Å². The highest BCUT2D eigenvalue weighted by atomic mass is 32.2. The molecule has 4 rings (SSSR count). The molecule has 1 aromatic carbocycles. The van der Waals surface area contributed by atoms with Gasteiger partial charge in [-0.25, -0.2) is 9.97 Å². The van der Waals surface area contributed by atoms with Crippen molar-refractivity contribution in [2.45, 2.75) is 30.8 Å². The van der Waals surface area contributed by atoms with Gasteiger partial charge >= 0.3 is 0 Å². The van der Waals surface area contributed by atoms with E-state index in [1.54, 1.807) is 45.1 Å². The molecule has 0 unspecified atom stereocenters. The van der Waals surface area contributed by atoms with Crippen LogP contribution in [-0.2, 0) is 18.7 Å². The van der Waals surface area contributed by atoms with Crippen LogP contribution in [0.15, 0.2) is 52.9 Å². The Balaban J connectivity index is 1.70. The van der Waals surface area contributed by atoms with Gasteiger partial charge in [-0.2, -0.15) is 0 Å². The summed E-state index contributed by atoms with van der Waals surface area (Å²) in [5.41, 5.74) is 1.03. The first kappa shape index (κ1) is 17.5. The maximum absolute atomic E-state index is 12.9. The summed E-state index contributed by atoms with van der Waals surface area (Å²) in [5, 5.41) is 2.47. The number of aromatic nitrogens is 3. The van der Waals surface area contributed by atoms with Crippen LogP contribution in [0.25, 0.3) is 20.4 Å². The molecule has 0 amide bonds. The molecule has 0 radical (unpaired) electrons. The monoisotopic (exact) mass is 399 g/mol. The molecule has 0 aliphatic heterocycles. The molecule has 4 aromatic rings. The van der Waals surface area contributed by atoms with E-state index in [4.69, 9.17) is 4.98 Å². The highest BCUT2D eigenvalue weighted by molar-refractivity contribution is 7.98. The number of thiazole rings is 1. The van der Waals surface area contributed by atoms with Gasteiger partial charge in [0.05, 0.1) is 21.4 Å². The lowest BCUT2D eigenvalue weighted by Crippen LogP contribution is -2.22. The Morgan fingerprint density at radius 1 is 1.27 bits per heavy atom. The Morgan fingerprint density at radius 2 is 2.12 bits per heavy atom. The van der Waals surface area contributed by atoms with Gasteiger partial charge in [0.1, 0.15) is 9.84 Å². The molecule has 0 aliphatic rings. The molecule has 0 atom stereocenters. The number of para-hydroxylation sites is 1. The van der Waals surface area contributed by atoms with Crippen molar-refractivity contribution in [3.63, 3.8) is 0 Å². The fourth-order valence-corrected chi connectivity index (χ4v) is 5.71. The van der Waals surface area contributed by atoms with E-state index in [1.165, 1.54) is 9.58 Å². The van der Waals surface area contributed by atoms with Crippen LogP contribution in [0.2, 0.25) is 0 Å². The van der Waals surface area contributed by atoms with E-state index in [9.17, 15) is 4.79 Å². The molecule has 0 spiro atoms. The standard InChI is InChI=1S/C19H17N3OS3/c1-3-9-22-18(23)13-10-12(4-2)25-17(13)21-19(22)24-11-16-20-14-7-5-6-8-15(14)26-16/h3,5-8,10H,1,4,9,11H2,2H3. The van der Waals surface area contributed by atoms with Crippen molar-refractivity contribution in [1.29, 1.82) is 0 Å². The lowest BCUT2D eigenvalue weighted by atomic mass is 10.3. The average Bonchev–Trinajstić information content (AvgIpc) is 3.26. The number of fused-ring (bicyclic) bond motifs is 2. The van der Waals surface area contributed by atoms with Crippen LogP contribution in [0.1, 0.15) is 16.8 Å². The fraction of sp³-hybridized carbons (Fsp3) is 0.211. The zero-order valence-corrected chi connectivity index (χ0v) is 16.7. The smallest absolute Gasteiger partial charge is 0.263 e. The zero-order chi connectivity index (χ0) is 18.1. The van der Waals surface area contributed by atoms with Gasteiger partial charge in [0.2, 0.25) is 0 Å². The summed E-state index contributed by atoms with van der Waals surface area (Å²) in [6, 6.07) is 10.1. The lowest BCUT2D eigenvalue weighted by Gasteiger charge is -2.09. The molecule has 0 bridgehead atoms. The second-order valence-corrected chi connectivity index (χ2v) is 8.92. The molecule has 26 heavy (non-hydrogen) atoms. The Hall–Kier alpha value is -1.96. The van der Waals surface area contributed by atoms with Crippen molar-refractivity contribution in [2.24, 2.45) is 0 Å². The lowest BCUT2D eigenvalue weighted by molar-refractivity contribution is 0.673. The first-order valence-corrected chi connectivity index (χ1v) is 10.9. The van der Waals surface area contributed by atoms with Crippen LogP contribution >= 0.6 is 34.4 Å². The maximum Gasteiger partial charge on any atom is 0.263 e. The highest BCUT2D eigenvalue weighted by Gasteiger charge is 2.14. The number of allylic oxidation sites excluding steroid dienone is 1. The minimum Gasteiger partial charge on any atom is -0.283 e. The maximum atomic E-state index is 12.9. The predicted octanol–water partition coefficient (Wildman–Crippen LogP) is 5.11. The zero-order valence-electron chi connectivity index (χ0n) is 14.3. The number of hydrogen-bond acceptors (Lipinski definition) is 6. The number of hydrogen-bond donors (Lipinski definition) is 0. The molecular formula is C19H17N3OS3. The average molecular weight is 400 g/mol. The molecule has 0 aliphatic carbocycles. The van der Waals surface area contributed by atoms with Crippen LogP contribution in [0.5, 0.6) is 0 Å². The molecular weight excluding hydrogens is 382 g/mol. The van der Waals surface area contributed by atoms with Gasteiger partial charge in [-0.1, -0.05) is 36.9 Å². The molecule has 0 fully saturated rings. The first-order valence-electron chi connectivity index (χ1n) is 8.31. The number of rotatable bonds is 6. The van der Waals surface area contributed by atoms with E-state index >= 15 is 0 Å². The molecule has 132 valence electrons. The molecule has 3 heterocycles. The quantitative estimate of drug-likeness (QED) is 0.257. The van der Waals surface area contributed by atoms with Gasteiger partial charge in [0.25, 0.3) is 5.56 Å². The second-order valence-electron chi connectivity index (χ2n) is 5.75. The Kier molecular flexibility index (Phi) is 4.93. The summed E-state index contributed by atoms with van der Waals surface area (Å²) in [6.07, 6.45) is 2.65. The van der Waals surface area contributed by atoms with Crippen LogP contribution in [0.4, 0.5) is 0 Å². The van der Waals surface area contributed by atoms with Crippen molar-refractivity contribution in [3.8, 4) is 0 Å². The second kappa shape index (κ2) is 7.34. The summed E-state index contributed by atoms with van der Waals surface area (Å²) >= 11 is 4.85. The molecule has 0 N–H and O–H groups in total.